The van der Waals surface area contributed by atoms with E-state index in [1.54, 1.807) is 24.8 Å². The molecular weight excluding hydrogens is 463 g/mol. The van der Waals surface area contributed by atoms with Crippen LogP contribution in [0.3, 0.4) is 0 Å². The first kappa shape index (κ1) is 25.6. The fourth-order valence-corrected chi connectivity index (χ4v) is 1.62. The minimum Gasteiger partial charge on any atom is -0.520 e. The first-order valence-corrected chi connectivity index (χ1v) is 10.5. The number of hydrogen-bond donors (Lipinski definition) is 0. The van der Waals surface area contributed by atoms with Crippen LogP contribution in [0.5, 0.6) is 0 Å². The Hall–Kier alpha value is -1.39. The van der Waals surface area contributed by atoms with Crippen molar-refractivity contribution < 1.29 is 16.5 Å². The molecule has 0 aliphatic carbocycles. The molecule has 0 amide bonds. The third kappa shape index (κ3) is 13.4. The fourth-order valence-electron chi connectivity index (χ4n) is 1.26. The smallest absolute Gasteiger partial charge is 0.174 e. The molecule has 2 rings (SSSR count). The molecule has 0 unspecified atom stereocenters. The second-order valence-electron chi connectivity index (χ2n) is 4.17. The van der Waals surface area contributed by atoms with Crippen molar-refractivity contribution in [1.82, 2.24) is 9.97 Å². The van der Waals surface area contributed by atoms with E-state index in [1.807, 2.05) is 48.9 Å². The van der Waals surface area contributed by atoms with Crippen molar-refractivity contribution in [2.75, 3.05) is 12.5 Å². The van der Waals surface area contributed by atoms with Gasteiger partial charge < -0.3 is 21.1 Å². The van der Waals surface area contributed by atoms with E-state index in [9.17, 15) is 0 Å². The van der Waals surface area contributed by atoms with Crippen molar-refractivity contribution in [2.45, 2.75) is 0 Å². The zero-order chi connectivity index (χ0) is 19.0. The molecule has 6 nitrogen and oxygen atoms in total. The van der Waals surface area contributed by atoms with Gasteiger partial charge in [-0.2, -0.15) is 0 Å². The van der Waals surface area contributed by atoms with Gasteiger partial charge in [-0.1, -0.05) is 35.7 Å². The molecule has 0 spiro atoms. The zero-order valence-corrected chi connectivity index (χ0v) is 18.9. The van der Waals surface area contributed by atoms with Crippen molar-refractivity contribution in [3.05, 3.63) is 71.0 Å². The monoisotopic (exact) mass is 480 g/mol. The van der Waals surface area contributed by atoms with Crippen LogP contribution >= 0.6 is 23.5 Å². The predicted molar refractivity (Wildman–Crippen MR) is 125 cm³/mol. The topological polar surface area (TPSA) is 78.7 Å². The number of nitrogens with zero attached hydrogens (tertiary/aromatic N) is 6. The summed E-state index contributed by atoms with van der Waals surface area (Å²) in [4.78, 5) is 8.10. The first-order valence-electron chi connectivity index (χ1n) is 7.15. The molecule has 0 aliphatic heterocycles. The summed E-state index contributed by atoms with van der Waals surface area (Å²) in [5, 5.41) is 7.63. The Kier molecular flexibility index (Phi) is 15.9. The number of aromatic nitrogens is 2. The van der Waals surface area contributed by atoms with Gasteiger partial charge in [-0.3, -0.25) is 9.97 Å². The molecular formula is C16H18N6NiS4. The van der Waals surface area contributed by atoms with Gasteiger partial charge in [0.05, 0.1) is 11.4 Å². The Morgan fingerprint density at radius 3 is 1.56 bits per heavy atom. The van der Waals surface area contributed by atoms with Crippen molar-refractivity contribution >= 4 is 69.0 Å². The van der Waals surface area contributed by atoms with Gasteiger partial charge in [0.25, 0.3) is 0 Å². The summed E-state index contributed by atoms with van der Waals surface area (Å²) >= 11 is 11.0. The standard InChI is InChI=1S/2C8H9N3S2.Ni/c2*1-13-8(12)11-10-6-7-4-2-3-5-9-7;/h2*2-6H,1H3,(H,9,11,12);. The molecule has 27 heavy (non-hydrogen) atoms. The van der Waals surface area contributed by atoms with Crippen LogP contribution in [0.1, 0.15) is 11.4 Å². The summed E-state index contributed by atoms with van der Waals surface area (Å²) in [6, 6.07) is 11.2. The number of pyridine rings is 2. The zero-order valence-electron chi connectivity index (χ0n) is 14.5. The Balaban J connectivity index is 0.000000483. The Morgan fingerprint density at radius 2 is 1.26 bits per heavy atom. The second-order valence-corrected chi connectivity index (χ2v) is 7.21. The van der Waals surface area contributed by atoms with Gasteiger partial charge >= 0.3 is 0 Å². The molecule has 2 heterocycles. The normalized spacial score (nSPS) is 9.85. The van der Waals surface area contributed by atoms with E-state index in [0.717, 1.165) is 11.4 Å². The van der Waals surface area contributed by atoms with Crippen LogP contribution in [0.15, 0.2) is 59.0 Å². The molecule has 146 valence electrons. The first-order chi connectivity index (χ1) is 12.7. The molecule has 0 fully saturated rings. The van der Waals surface area contributed by atoms with Crippen LogP contribution in [-0.4, -0.2) is 43.5 Å². The third-order valence-electron chi connectivity index (χ3n) is 2.41. The average molecular weight is 481 g/mol. The van der Waals surface area contributed by atoms with Crippen molar-refractivity contribution in [2.24, 2.45) is 10.2 Å². The van der Waals surface area contributed by atoms with Crippen LogP contribution in [0.25, 0.3) is 10.9 Å². The molecule has 0 radical (unpaired) electrons. The molecule has 0 saturated carbocycles. The van der Waals surface area contributed by atoms with E-state index in [4.69, 9.17) is 0 Å². The second kappa shape index (κ2) is 16.8. The molecule has 0 aromatic carbocycles. The number of thiol groups is 2. The van der Waals surface area contributed by atoms with Crippen LogP contribution in [0.4, 0.5) is 0 Å². The Morgan fingerprint density at radius 1 is 0.852 bits per heavy atom. The Labute approximate surface area is 188 Å². The predicted octanol–water partition coefficient (Wildman–Crippen LogP) is 3.04. The van der Waals surface area contributed by atoms with Gasteiger partial charge in [-0.15, -0.1) is 0 Å². The quantitative estimate of drug-likeness (QED) is 0.168. The molecule has 2 aromatic heterocycles. The van der Waals surface area contributed by atoms with Crippen molar-refractivity contribution in [1.29, 1.82) is 0 Å². The third-order valence-corrected chi connectivity index (χ3v) is 4.58. The fraction of sp³-hybridized carbons (Fsp3) is 0.125. The van der Waals surface area contributed by atoms with E-state index in [1.165, 1.54) is 23.5 Å². The van der Waals surface area contributed by atoms with Crippen LogP contribution < -0.4 is 0 Å². The summed E-state index contributed by atoms with van der Waals surface area (Å²) in [5.41, 5.74) is 9.19. The minimum absolute atomic E-state index is 0. The largest absolute Gasteiger partial charge is 0.520 e. The van der Waals surface area contributed by atoms with Gasteiger partial charge in [0.2, 0.25) is 0 Å². The Bertz CT molecular complexity index is 665. The van der Waals surface area contributed by atoms with Crippen LogP contribution in [0, 0.1) is 0 Å². The van der Waals surface area contributed by atoms with Crippen molar-refractivity contribution in [3.63, 3.8) is 0 Å². The van der Waals surface area contributed by atoms with Crippen LogP contribution in [-0.2, 0) is 40.9 Å². The summed E-state index contributed by atoms with van der Waals surface area (Å²) in [6.07, 6.45) is 10.4. The summed E-state index contributed by atoms with van der Waals surface area (Å²) < 4.78 is 1.26. The van der Waals surface area contributed by atoms with E-state index in [0.29, 0.717) is 8.64 Å². The van der Waals surface area contributed by atoms with Crippen molar-refractivity contribution in [3.8, 4) is 0 Å². The van der Waals surface area contributed by atoms with E-state index < -0.39 is 0 Å². The average Bonchev–Trinajstić information content (AvgIpc) is 2.70. The van der Waals surface area contributed by atoms with Gasteiger partial charge in [-0.05, 0) is 36.8 Å². The molecule has 11 heteroatoms. The van der Waals surface area contributed by atoms with E-state index >= 15 is 0 Å². The molecule has 2 aromatic rings. The van der Waals surface area contributed by atoms with E-state index in [-0.39, 0.29) is 16.5 Å². The number of hydrogen-bond acceptors (Lipinski definition) is 6. The molecule has 0 aliphatic rings. The minimum atomic E-state index is 0. The maximum absolute atomic E-state index is 4.06. The summed E-state index contributed by atoms with van der Waals surface area (Å²) in [7, 11) is 0. The maximum Gasteiger partial charge on any atom is 0.174 e. The number of thioether (sulfide) groups is 2. The van der Waals surface area contributed by atoms with Gasteiger partial charge in [0, 0.05) is 41.3 Å². The van der Waals surface area contributed by atoms with Gasteiger partial charge in [0.1, 0.15) is 0 Å². The maximum atomic E-state index is 4.06. The molecule has 0 bridgehead atoms. The van der Waals surface area contributed by atoms with Gasteiger partial charge in [0.15, 0.2) is 33.1 Å². The molecule has 0 saturated heterocycles. The molecule has 0 atom stereocenters. The summed E-state index contributed by atoms with van der Waals surface area (Å²) in [5.74, 6) is 0. The SMILES string of the molecule is CSC(=[SH+])[N-]N=Cc1ccccn1.CSC(=[SH+])[N-]N=Cc1ccccn1.[Ni]. The van der Waals surface area contributed by atoms with Crippen LogP contribution in [0.2, 0.25) is 0 Å². The summed E-state index contributed by atoms with van der Waals surface area (Å²) in [6.45, 7) is 0. The van der Waals surface area contributed by atoms with E-state index in [2.05, 4.69) is 55.5 Å². The number of rotatable bonds is 4. The van der Waals surface area contributed by atoms with Gasteiger partial charge in [-0.25, -0.2) is 0 Å². The molecule has 0 N–H and O–H groups in total.